The third-order valence-electron chi connectivity index (χ3n) is 2.78. The molecule has 100 valence electrons. The Kier molecular flexibility index (Phi) is 5.54. The predicted molar refractivity (Wildman–Crippen MR) is 78.6 cm³/mol. The van der Waals surface area contributed by atoms with Crippen LogP contribution in [0, 0.1) is 0 Å². The van der Waals surface area contributed by atoms with Gasteiger partial charge < -0.3 is 4.74 Å². The van der Waals surface area contributed by atoms with Crippen LogP contribution in [0.5, 0.6) is 0 Å². The first-order valence-corrected chi connectivity index (χ1v) is 7.32. The maximum Gasteiger partial charge on any atom is 0.173 e. The maximum atomic E-state index is 11.8. The van der Waals surface area contributed by atoms with Crippen LogP contribution in [-0.2, 0) is 16.8 Å². The van der Waals surface area contributed by atoms with Gasteiger partial charge in [-0.15, -0.1) is 0 Å². The topological polar surface area (TPSA) is 26.3 Å². The summed E-state index contributed by atoms with van der Waals surface area (Å²) in [6, 6.07) is 6.04. The van der Waals surface area contributed by atoms with Gasteiger partial charge in [0.1, 0.15) is 0 Å². The summed E-state index contributed by atoms with van der Waals surface area (Å²) in [7, 11) is 0. The van der Waals surface area contributed by atoms with Gasteiger partial charge in [0, 0.05) is 12.2 Å². The first-order valence-electron chi connectivity index (χ1n) is 6.20. The summed E-state index contributed by atoms with van der Waals surface area (Å²) in [5.41, 5.74) is 3.02. The van der Waals surface area contributed by atoms with E-state index in [9.17, 15) is 4.79 Å². The number of carbonyl (C=O) groups is 1. The molecule has 3 heteroatoms. The second kappa shape index (κ2) is 6.48. The zero-order valence-electron chi connectivity index (χ0n) is 11.5. The lowest BCUT2D eigenvalue weighted by Gasteiger charge is -2.21. The molecular weight excluding hydrogens is 292 g/mol. The van der Waals surface area contributed by atoms with Crippen molar-refractivity contribution in [3.63, 3.8) is 0 Å². The second-order valence-corrected chi connectivity index (χ2v) is 5.92. The highest BCUT2D eigenvalue weighted by Gasteiger charge is 2.17. The number of ketones is 1. The van der Waals surface area contributed by atoms with Gasteiger partial charge in [0.05, 0.1) is 11.9 Å². The molecule has 0 unspecified atom stereocenters. The number of ether oxygens (including phenoxy) is 1. The summed E-state index contributed by atoms with van der Waals surface area (Å²) in [6.07, 6.45) is 0. The van der Waals surface area contributed by atoms with Crippen LogP contribution in [0.1, 0.15) is 49.2 Å². The van der Waals surface area contributed by atoms with Crippen molar-refractivity contribution in [2.75, 3.05) is 11.9 Å². The number of Topliss-reactive ketones (excluding diaryl/α,β-unsaturated/α-hetero) is 1. The van der Waals surface area contributed by atoms with Gasteiger partial charge in [-0.05, 0) is 35.6 Å². The van der Waals surface area contributed by atoms with Crippen molar-refractivity contribution in [3.05, 3.63) is 34.9 Å². The van der Waals surface area contributed by atoms with Crippen LogP contribution in [0.3, 0.4) is 0 Å². The average molecular weight is 313 g/mol. The Balaban J connectivity index is 3.16. The highest BCUT2D eigenvalue weighted by molar-refractivity contribution is 9.09. The number of alkyl halides is 1. The van der Waals surface area contributed by atoms with E-state index in [1.807, 2.05) is 19.1 Å². The summed E-state index contributed by atoms with van der Waals surface area (Å²) >= 11 is 3.22. The molecule has 18 heavy (non-hydrogen) atoms. The normalized spacial score (nSPS) is 11.6. The molecule has 0 saturated heterocycles. The summed E-state index contributed by atoms with van der Waals surface area (Å²) < 4.78 is 5.43. The zero-order valence-corrected chi connectivity index (χ0v) is 13.1. The van der Waals surface area contributed by atoms with Gasteiger partial charge in [0.15, 0.2) is 5.78 Å². The van der Waals surface area contributed by atoms with E-state index in [4.69, 9.17) is 4.74 Å². The summed E-state index contributed by atoms with van der Waals surface area (Å²) in [5.74, 6) is 0.110. The molecule has 0 fully saturated rings. The van der Waals surface area contributed by atoms with Crippen LogP contribution in [-0.4, -0.2) is 17.7 Å². The Hall–Kier alpha value is -0.670. The number of benzene rings is 1. The summed E-state index contributed by atoms with van der Waals surface area (Å²) in [6.45, 7) is 9.65. The van der Waals surface area contributed by atoms with Crippen LogP contribution in [0.2, 0.25) is 0 Å². The van der Waals surface area contributed by atoms with E-state index >= 15 is 0 Å². The van der Waals surface area contributed by atoms with E-state index in [1.54, 1.807) is 0 Å². The van der Waals surface area contributed by atoms with Crippen molar-refractivity contribution >= 4 is 21.7 Å². The van der Waals surface area contributed by atoms with Gasteiger partial charge in [-0.1, -0.05) is 42.8 Å². The fourth-order valence-electron chi connectivity index (χ4n) is 1.67. The lowest BCUT2D eigenvalue weighted by molar-refractivity contribution is 0.102. The molecular formula is C15H21BrO2. The number of carbonyl (C=O) groups excluding carboxylic acids is 1. The van der Waals surface area contributed by atoms with Crippen LogP contribution in [0.15, 0.2) is 18.2 Å². The minimum absolute atomic E-state index is 0.0313. The van der Waals surface area contributed by atoms with Crippen molar-refractivity contribution in [1.29, 1.82) is 0 Å². The van der Waals surface area contributed by atoms with Gasteiger partial charge in [-0.3, -0.25) is 4.79 Å². The molecule has 0 atom stereocenters. The van der Waals surface area contributed by atoms with Crippen molar-refractivity contribution in [2.24, 2.45) is 0 Å². The fraction of sp³-hybridized carbons (Fsp3) is 0.533. The Morgan fingerprint density at radius 1 is 1.28 bits per heavy atom. The number of rotatable bonds is 5. The Bertz CT molecular complexity index is 419. The molecule has 0 amide bonds. The number of hydrogen-bond donors (Lipinski definition) is 0. The monoisotopic (exact) mass is 312 g/mol. The zero-order chi connectivity index (χ0) is 13.8. The molecule has 1 aromatic rings. The van der Waals surface area contributed by atoms with Gasteiger partial charge >= 0.3 is 0 Å². The molecule has 0 bridgehead atoms. The number of hydrogen-bond acceptors (Lipinski definition) is 2. The highest BCUT2D eigenvalue weighted by Crippen LogP contribution is 2.25. The Morgan fingerprint density at radius 3 is 2.44 bits per heavy atom. The van der Waals surface area contributed by atoms with E-state index in [2.05, 4.69) is 42.8 Å². The lowest BCUT2D eigenvalue weighted by Crippen LogP contribution is -2.14. The van der Waals surface area contributed by atoms with Crippen LogP contribution >= 0.6 is 15.9 Å². The van der Waals surface area contributed by atoms with Crippen molar-refractivity contribution in [1.82, 2.24) is 0 Å². The molecule has 0 spiro atoms. The van der Waals surface area contributed by atoms with Crippen molar-refractivity contribution in [3.8, 4) is 0 Å². The van der Waals surface area contributed by atoms with Crippen LogP contribution in [0.4, 0.5) is 0 Å². The summed E-state index contributed by atoms with van der Waals surface area (Å²) in [4.78, 5) is 11.8. The minimum Gasteiger partial charge on any atom is -0.377 e. The van der Waals surface area contributed by atoms with E-state index in [0.717, 1.165) is 11.1 Å². The molecule has 0 N–H and O–H groups in total. The lowest BCUT2D eigenvalue weighted by atomic mass is 9.84. The maximum absolute atomic E-state index is 11.8. The van der Waals surface area contributed by atoms with Gasteiger partial charge in [0.25, 0.3) is 0 Å². The third kappa shape index (κ3) is 4.21. The van der Waals surface area contributed by atoms with Crippen LogP contribution < -0.4 is 0 Å². The predicted octanol–water partition coefficient (Wildman–Crippen LogP) is 4.10. The molecule has 0 aliphatic heterocycles. The SMILES string of the molecule is CCOCc1cc(C(=O)CBr)cc(C(C)(C)C)c1. The summed E-state index contributed by atoms with van der Waals surface area (Å²) in [5, 5.41) is 0.356. The van der Waals surface area contributed by atoms with E-state index < -0.39 is 0 Å². The van der Waals surface area contributed by atoms with E-state index in [-0.39, 0.29) is 11.2 Å². The molecule has 0 saturated carbocycles. The molecule has 0 aliphatic rings. The van der Waals surface area contributed by atoms with E-state index in [1.165, 1.54) is 5.56 Å². The van der Waals surface area contributed by atoms with Gasteiger partial charge in [0.2, 0.25) is 0 Å². The quantitative estimate of drug-likeness (QED) is 0.604. The molecule has 1 aromatic carbocycles. The first-order chi connectivity index (χ1) is 8.38. The fourth-order valence-corrected chi connectivity index (χ4v) is 1.99. The van der Waals surface area contributed by atoms with Crippen molar-refractivity contribution < 1.29 is 9.53 Å². The second-order valence-electron chi connectivity index (χ2n) is 5.36. The van der Waals surface area contributed by atoms with Gasteiger partial charge in [-0.25, -0.2) is 0 Å². The molecule has 0 aromatic heterocycles. The number of halogens is 1. The minimum atomic E-state index is 0.0313. The third-order valence-corrected chi connectivity index (χ3v) is 3.28. The molecule has 0 aliphatic carbocycles. The Morgan fingerprint density at radius 2 is 1.94 bits per heavy atom. The molecule has 0 radical (unpaired) electrons. The smallest absolute Gasteiger partial charge is 0.173 e. The van der Waals surface area contributed by atoms with Crippen LogP contribution in [0.25, 0.3) is 0 Å². The standard InChI is InChI=1S/C15H21BrO2/c1-5-18-10-11-6-12(14(17)9-16)8-13(7-11)15(2,3)4/h6-8H,5,9-10H2,1-4H3. The Labute approximate surface area is 118 Å². The molecule has 1 rings (SSSR count). The van der Waals surface area contributed by atoms with Gasteiger partial charge in [-0.2, -0.15) is 0 Å². The highest BCUT2D eigenvalue weighted by atomic mass is 79.9. The van der Waals surface area contributed by atoms with E-state index in [0.29, 0.717) is 18.5 Å². The van der Waals surface area contributed by atoms with Crippen molar-refractivity contribution in [2.45, 2.75) is 39.7 Å². The average Bonchev–Trinajstić information content (AvgIpc) is 2.33. The molecule has 0 heterocycles. The first kappa shape index (κ1) is 15.4. The largest absolute Gasteiger partial charge is 0.377 e. The molecule has 2 nitrogen and oxygen atoms in total.